The van der Waals surface area contributed by atoms with Crippen LogP contribution in [0.2, 0.25) is 0 Å². The third-order valence-corrected chi connectivity index (χ3v) is 5.78. The molecule has 0 unspecified atom stereocenters. The molecule has 29 heavy (non-hydrogen) atoms. The van der Waals surface area contributed by atoms with Crippen molar-refractivity contribution in [3.8, 4) is 0 Å². The predicted molar refractivity (Wildman–Crippen MR) is 120 cm³/mol. The lowest BCUT2D eigenvalue weighted by Gasteiger charge is -2.21. The van der Waals surface area contributed by atoms with Crippen LogP contribution >= 0.6 is 27.3 Å². The highest BCUT2D eigenvalue weighted by Crippen LogP contribution is 2.38. The van der Waals surface area contributed by atoms with Gasteiger partial charge in [-0.25, -0.2) is 4.98 Å². The summed E-state index contributed by atoms with van der Waals surface area (Å²) in [5, 5.41) is 7.27. The SMILES string of the molecule is Cc1cc([C@H](Nc2ccccn2)c2cccc(Br)c2)c(NC(=O)c2ccco2)s1. The summed E-state index contributed by atoms with van der Waals surface area (Å²) in [5.41, 5.74) is 2.02. The Kier molecular flexibility index (Phi) is 5.78. The molecule has 3 aromatic heterocycles. The average molecular weight is 468 g/mol. The van der Waals surface area contributed by atoms with Crippen molar-refractivity contribution in [1.82, 2.24) is 4.98 Å². The average Bonchev–Trinajstić information content (AvgIpc) is 3.37. The molecule has 0 bridgehead atoms. The molecule has 0 fully saturated rings. The van der Waals surface area contributed by atoms with Crippen LogP contribution in [0.15, 0.2) is 82.0 Å². The summed E-state index contributed by atoms with van der Waals surface area (Å²) < 4.78 is 6.21. The number of nitrogens with zero attached hydrogens (tertiary/aromatic N) is 1. The summed E-state index contributed by atoms with van der Waals surface area (Å²) in [6, 6.07) is 19.1. The fourth-order valence-electron chi connectivity index (χ4n) is 3.04. The van der Waals surface area contributed by atoms with Crippen molar-refractivity contribution in [2.24, 2.45) is 0 Å². The van der Waals surface area contributed by atoms with Crippen LogP contribution in [0.25, 0.3) is 0 Å². The highest BCUT2D eigenvalue weighted by Gasteiger charge is 2.23. The van der Waals surface area contributed by atoms with Crippen LogP contribution in [0.4, 0.5) is 10.8 Å². The molecule has 3 heterocycles. The van der Waals surface area contributed by atoms with E-state index in [0.29, 0.717) is 0 Å². The second kappa shape index (κ2) is 8.63. The van der Waals surface area contributed by atoms with Crippen LogP contribution in [-0.2, 0) is 0 Å². The van der Waals surface area contributed by atoms with Crippen molar-refractivity contribution in [3.63, 3.8) is 0 Å². The number of halogens is 1. The zero-order valence-corrected chi connectivity index (χ0v) is 18.0. The van der Waals surface area contributed by atoms with Gasteiger partial charge in [0.25, 0.3) is 5.91 Å². The quantitative estimate of drug-likeness (QED) is 0.351. The Hall–Kier alpha value is -2.90. The van der Waals surface area contributed by atoms with Crippen molar-refractivity contribution in [2.45, 2.75) is 13.0 Å². The van der Waals surface area contributed by atoms with Gasteiger partial charge in [0.05, 0.1) is 12.3 Å². The number of aryl methyl sites for hydroxylation is 1. The number of nitrogens with one attached hydrogen (secondary N) is 2. The van der Waals surface area contributed by atoms with E-state index in [-0.39, 0.29) is 17.7 Å². The number of carbonyl (C=O) groups excluding carboxylic acids is 1. The first-order valence-electron chi connectivity index (χ1n) is 8.98. The molecule has 0 aliphatic rings. The maximum Gasteiger partial charge on any atom is 0.291 e. The van der Waals surface area contributed by atoms with Crippen LogP contribution < -0.4 is 10.6 Å². The van der Waals surface area contributed by atoms with E-state index in [1.165, 1.54) is 17.6 Å². The molecule has 0 saturated carbocycles. The molecule has 0 radical (unpaired) electrons. The van der Waals surface area contributed by atoms with Gasteiger partial charge in [-0.1, -0.05) is 34.1 Å². The minimum Gasteiger partial charge on any atom is -0.459 e. The molecule has 0 aliphatic carbocycles. The lowest BCUT2D eigenvalue weighted by molar-refractivity contribution is 0.0997. The molecule has 2 N–H and O–H groups in total. The molecule has 5 nitrogen and oxygen atoms in total. The van der Waals surface area contributed by atoms with Gasteiger partial charge in [0.15, 0.2) is 5.76 Å². The first-order valence-corrected chi connectivity index (χ1v) is 10.6. The van der Waals surface area contributed by atoms with Crippen LogP contribution in [0.3, 0.4) is 0 Å². The van der Waals surface area contributed by atoms with E-state index in [1.54, 1.807) is 18.3 Å². The lowest BCUT2D eigenvalue weighted by Crippen LogP contribution is -2.16. The molecule has 146 valence electrons. The number of aromatic nitrogens is 1. The molecule has 4 rings (SSSR count). The summed E-state index contributed by atoms with van der Waals surface area (Å²) in [7, 11) is 0. The topological polar surface area (TPSA) is 67.2 Å². The molecule has 0 spiro atoms. The van der Waals surface area contributed by atoms with E-state index in [0.717, 1.165) is 31.3 Å². The van der Waals surface area contributed by atoms with E-state index >= 15 is 0 Å². The monoisotopic (exact) mass is 467 g/mol. The van der Waals surface area contributed by atoms with Gasteiger partial charge in [-0.3, -0.25) is 4.79 Å². The number of amides is 1. The summed E-state index contributed by atoms with van der Waals surface area (Å²) in [6.07, 6.45) is 3.24. The van der Waals surface area contributed by atoms with Crippen LogP contribution in [0.5, 0.6) is 0 Å². The molecular formula is C22H18BrN3O2S. The number of hydrogen-bond acceptors (Lipinski definition) is 5. The molecule has 1 amide bonds. The number of hydrogen-bond donors (Lipinski definition) is 2. The van der Waals surface area contributed by atoms with E-state index < -0.39 is 0 Å². The number of rotatable bonds is 6. The van der Waals surface area contributed by atoms with Gasteiger partial charge >= 0.3 is 0 Å². The van der Waals surface area contributed by atoms with Crippen LogP contribution in [0.1, 0.15) is 32.6 Å². The Bertz CT molecular complexity index is 1110. The Balaban J connectivity index is 1.73. The molecule has 0 aliphatic heterocycles. The van der Waals surface area contributed by atoms with Crippen molar-refractivity contribution in [2.75, 3.05) is 10.6 Å². The Morgan fingerprint density at radius 1 is 1.14 bits per heavy atom. The summed E-state index contributed by atoms with van der Waals surface area (Å²) >= 11 is 5.09. The van der Waals surface area contributed by atoms with E-state index in [2.05, 4.69) is 49.7 Å². The smallest absolute Gasteiger partial charge is 0.291 e. The third kappa shape index (κ3) is 4.58. The fourth-order valence-corrected chi connectivity index (χ4v) is 4.40. The summed E-state index contributed by atoms with van der Waals surface area (Å²) in [6.45, 7) is 2.02. The number of carbonyl (C=O) groups is 1. The summed E-state index contributed by atoms with van der Waals surface area (Å²) in [5.74, 6) is 0.757. The largest absolute Gasteiger partial charge is 0.459 e. The minimum atomic E-state index is -0.274. The number of benzene rings is 1. The molecule has 0 saturated heterocycles. The van der Waals surface area contributed by atoms with Crippen LogP contribution in [0, 0.1) is 6.92 Å². The molecular weight excluding hydrogens is 450 g/mol. The zero-order chi connectivity index (χ0) is 20.2. The fraction of sp³-hybridized carbons (Fsp3) is 0.0909. The summed E-state index contributed by atoms with van der Waals surface area (Å²) in [4.78, 5) is 18.1. The normalized spacial score (nSPS) is 11.8. The van der Waals surface area contributed by atoms with Gasteiger partial charge in [-0.15, -0.1) is 11.3 Å². The van der Waals surface area contributed by atoms with E-state index in [9.17, 15) is 4.79 Å². The molecule has 4 aromatic rings. The van der Waals surface area contributed by atoms with Gasteiger partial charge in [-0.05, 0) is 55.0 Å². The molecule has 1 atom stereocenters. The van der Waals surface area contributed by atoms with Crippen LogP contribution in [-0.4, -0.2) is 10.9 Å². The maximum absolute atomic E-state index is 12.6. The van der Waals surface area contributed by atoms with Gasteiger partial charge in [-0.2, -0.15) is 0 Å². The highest BCUT2D eigenvalue weighted by atomic mass is 79.9. The van der Waals surface area contributed by atoms with Crippen molar-refractivity contribution >= 4 is 44.0 Å². The Morgan fingerprint density at radius 2 is 2.03 bits per heavy atom. The maximum atomic E-state index is 12.6. The predicted octanol–water partition coefficient (Wildman–Crippen LogP) is 6.26. The van der Waals surface area contributed by atoms with Gasteiger partial charge < -0.3 is 15.1 Å². The first-order chi connectivity index (χ1) is 14.1. The first kappa shape index (κ1) is 19.4. The number of thiophene rings is 1. The zero-order valence-electron chi connectivity index (χ0n) is 15.6. The van der Waals surface area contributed by atoms with Gasteiger partial charge in [0.2, 0.25) is 0 Å². The number of anilines is 2. The lowest BCUT2D eigenvalue weighted by atomic mass is 10.00. The second-order valence-corrected chi connectivity index (χ2v) is 8.59. The molecule has 7 heteroatoms. The third-order valence-electron chi connectivity index (χ3n) is 4.31. The Labute approximate surface area is 180 Å². The highest BCUT2D eigenvalue weighted by molar-refractivity contribution is 9.10. The number of pyridine rings is 1. The van der Waals surface area contributed by atoms with E-state index in [4.69, 9.17) is 4.42 Å². The Morgan fingerprint density at radius 3 is 2.76 bits per heavy atom. The number of furan rings is 1. The van der Waals surface area contributed by atoms with Crippen molar-refractivity contribution in [1.29, 1.82) is 0 Å². The van der Waals surface area contributed by atoms with Crippen molar-refractivity contribution in [3.05, 3.63) is 99.4 Å². The molecule has 1 aromatic carbocycles. The second-order valence-electron chi connectivity index (χ2n) is 6.42. The van der Waals surface area contributed by atoms with Gasteiger partial charge in [0.1, 0.15) is 10.8 Å². The van der Waals surface area contributed by atoms with E-state index in [1.807, 2.05) is 37.3 Å². The van der Waals surface area contributed by atoms with Gasteiger partial charge in [0, 0.05) is 21.1 Å². The minimum absolute atomic E-state index is 0.195. The van der Waals surface area contributed by atoms with Crippen molar-refractivity contribution < 1.29 is 9.21 Å². The standard InChI is InChI=1S/C22H18BrN3O2S/c1-14-12-17(22(29-14)26-21(27)18-8-5-11-28-18)20(15-6-4-7-16(23)13-15)25-19-9-2-3-10-24-19/h2-13,20H,1H3,(H,24,25)(H,26,27)/t20-/m1/s1.